The fraction of sp³-hybridized carbons (Fsp3) is 0.269. The molecule has 204 valence electrons. The van der Waals surface area contributed by atoms with Crippen LogP contribution in [0.4, 0.5) is 36.2 Å². The molecule has 0 aliphatic carbocycles. The lowest BCUT2D eigenvalue weighted by molar-refractivity contribution is -0.144. The van der Waals surface area contributed by atoms with Crippen molar-refractivity contribution in [3.05, 3.63) is 71.5 Å². The number of carbonyl (C=O) groups is 2. The lowest BCUT2D eigenvalue weighted by Gasteiger charge is -2.31. The first-order valence-corrected chi connectivity index (χ1v) is 12.0. The van der Waals surface area contributed by atoms with Gasteiger partial charge in [0.05, 0.1) is 30.0 Å². The molecule has 2 amide bonds. The first-order valence-electron chi connectivity index (χ1n) is 12.0. The van der Waals surface area contributed by atoms with Gasteiger partial charge in [0.25, 0.3) is 5.91 Å². The van der Waals surface area contributed by atoms with Gasteiger partial charge in [-0.3, -0.25) is 15.0 Å². The first kappa shape index (κ1) is 27.5. The van der Waals surface area contributed by atoms with Crippen molar-refractivity contribution in [3.8, 4) is 0 Å². The number of nitrogen functional groups attached to an aromatic ring is 1. The van der Waals surface area contributed by atoms with Crippen LogP contribution < -0.4 is 21.8 Å². The van der Waals surface area contributed by atoms with Gasteiger partial charge in [-0.15, -0.1) is 0 Å². The fourth-order valence-electron chi connectivity index (χ4n) is 4.02. The Morgan fingerprint density at radius 1 is 1.15 bits per heavy atom. The summed E-state index contributed by atoms with van der Waals surface area (Å²) in [5.74, 6) is -0.671. The summed E-state index contributed by atoms with van der Waals surface area (Å²) in [4.78, 5) is 34.3. The van der Waals surface area contributed by atoms with E-state index in [1.807, 2.05) is 0 Å². The van der Waals surface area contributed by atoms with Crippen LogP contribution >= 0.6 is 0 Å². The highest BCUT2D eigenvalue weighted by Gasteiger charge is 2.33. The van der Waals surface area contributed by atoms with Crippen LogP contribution in [0, 0.1) is 0 Å². The molecule has 2 aromatic heterocycles. The molecule has 1 fully saturated rings. The summed E-state index contributed by atoms with van der Waals surface area (Å²) in [6, 6.07) is 9.43. The van der Waals surface area contributed by atoms with E-state index >= 15 is 0 Å². The van der Waals surface area contributed by atoms with Crippen LogP contribution in [0.15, 0.2) is 54.9 Å². The van der Waals surface area contributed by atoms with E-state index in [-0.39, 0.29) is 23.1 Å². The second kappa shape index (κ2) is 11.5. The Kier molecular flexibility index (Phi) is 8.10. The van der Waals surface area contributed by atoms with Gasteiger partial charge in [0, 0.05) is 36.6 Å². The Morgan fingerprint density at radius 2 is 1.87 bits per heavy atom. The number of nitrogens with two attached hydrogens (primary N) is 2. The van der Waals surface area contributed by atoms with E-state index in [1.165, 1.54) is 18.3 Å². The van der Waals surface area contributed by atoms with Crippen molar-refractivity contribution in [2.24, 2.45) is 0 Å². The summed E-state index contributed by atoms with van der Waals surface area (Å²) >= 11 is 0. The fourth-order valence-corrected chi connectivity index (χ4v) is 4.02. The average Bonchev–Trinajstić information content (AvgIpc) is 2.93. The lowest BCUT2D eigenvalue weighted by atomic mass is 10.0. The summed E-state index contributed by atoms with van der Waals surface area (Å²) in [5, 5.41) is 12.0. The molecule has 1 atom stereocenters. The second-order valence-corrected chi connectivity index (χ2v) is 8.71. The van der Waals surface area contributed by atoms with E-state index in [2.05, 4.69) is 20.6 Å². The predicted octanol–water partition coefficient (Wildman–Crippen LogP) is 2.26. The molecule has 0 bridgehead atoms. The first-order chi connectivity index (χ1) is 18.6. The number of rotatable bonds is 7. The Hall–Kier alpha value is -4.52. The van der Waals surface area contributed by atoms with Crippen molar-refractivity contribution >= 4 is 40.5 Å². The molecule has 6 N–H and O–H groups in total. The van der Waals surface area contributed by atoms with Crippen LogP contribution in [0.2, 0.25) is 0 Å². The molecule has 3 heterocycles. The normalized spacial score (nSPS) is 15.5. The largest absolute Gasteiger partial charge is 0.416 e. The smallest absolute Gasteiger partial charge is 0.382 e. The van der Waals surface area contributed by atoms with E-state index in [1.54, 1.807) is 30.0 Å². The average molecular weight is 543 g/mol. The van der Waals surface area contributed by atoms with E-state index in [0.29, 0.717) is 48.8 Å². The van der Waals surface area contributed by atoms with Crippen LogP contribution in [0.5, 0.6) is 0 Å². The number of carbonyl (C=O) groups excluding carboxylic acids is 2. The topological polar surface area (TPSA) is 148 Å². The molecule has 39 heavy (non-hydrogen) atoms. The molecule has 0 saturated carbocycles. The van der Waals surface area contributed by atoms with Crippen LogP contribution in [0.1, 0.15) is 34.8 Å². The van der Waals surface area contributed by atoms with Crippen LogP contribution in [0.25, 0.3) is 0 Å². The SMILES string of the molecule is CCC(=O)N1CCO[C@@H](C(=[NH2+])c2ccnc(N)c2Nc2ccc(C(=O)Nc3cc(C(F)(F)F)ccn3)cc2)C1. The number of anilines is 4. The van der Waals surface area contributed by atoms with Gasteiger partial charge in [-0.25, -0.2) is 9.97 Å². The minimum absolute atomic E-state index is 0.0108. The number of halogens is 3. The summed E-state index contributed by atoms with van der Waals surface area (Å²) in [6.07, 6.45) is -2.23. The van der Waals surface area contributed by atoms with Crippen molar-refractivity contribution in [2.45, 2.75) is 25.6 Å². The molecular weight excluding hydrogens is 515 g/mol. The van der Waals surface area contributed by atoms with Gasteiger partial charge in [-0.2, -0.15) is 13.2 Å². The van der Waals surface area contributed by atoms with Gasteiger partial charge in [0.15, 0.2) is 6.10 Å². The summed E-state index contributed by atoms with van der Waals surface area (Å²) in [6.45, 7) is 2.94. The van der Waals surface area contributed by atoms with E-state index in [4.69, 9.17) is 15.9 Å². The van der Waals surface area contributed by atoms with Crippen molar-refractivity contribution in [1.82, 2.24) is 14.9 Å². The standard InChI is InChI=1S/C26H26F3N7O3/c1-2-21(37)36-11-12-39-19(14-36)22(30)18-8-10-33-24(31)23(18)34-17-5-3-15(4-6-17)25(38)35-20-13-16(7-9-32-20)26(27,28)29/h3-10,13,19,30,34H,2,11-12,14H2,1H3,(H2,31,33)(H,32,35,38)/p+1/t19-/m1/s1. The third-order valence-electron chi connectivity index (χ3n) is 6.11. The zero-order chi connectivity index (χ0) is 28.2. The maximum atomic E-state index is 12.9. The number of nitrogens with one attached hydrogen (secondary N) is 2. The zero-order valence-electron chi connectivity index (χ0n) is 21.0. The van der Waals surface area contributed by atoms with Crippen LogP contribution in [-0.4, -0.2) is 58.2 Å². The van der Waals surface area contributed by atoms with Gasteiger partial charge < -0.3 is 26.0 Å². The highest BCUT2D eigenvalue weighted by Crippen LogP contribution is 2.30. The number of alkyl halides is 3. The van der Waals surface area contributed by atoms with Crippen molar-refractivity contribution in [1.29, 1.82) is 0 Å². The molecule has 0 unspecified atom stereocenters. The summed E-state index contributed by atoms with van der Waals surface area (Å²) < 4.78 is 44.6. The number of morpholine rings is 1. The number of amides is 2. The molecule has 1 aliphatic rings. The molecule has 1 aromatic carbocycles. The molecule has 0 radical (unpaired) electrons. The predicted molar refractivity (Wildman–Crippen MR) is 138 cm³/mol. The minimum Gasteiger partial charge on any atom is -0.382 e. The van der Waals surface area contributed by atoms with Gasteiger partial charge in [-0.05, 0) is 42.5 Å². The Morgan fingerprint density at radius 3 is 2.56 bits per heavy atom. The quantitative estimate of drug-likeness (QED) is 0.335. The molecule has 3 aromatic rings. The lowest BCUT2D eigenvalue weighted by Crippen LogP contribution is -2.56. The number of benzene rings is 1. The molecule has 10 nitrogen and oxygen atoms in total. The van der Waals surface area contributed by atoms with Crippen LogP contribution in [-0.2, 0) is 15.7 Å². The Balaban J connectivity index is 1.48. The monoisotopic (exact) mass is 542 g/mol. The van der Waals surface area contributed by atoms with Crippen molar-refractivity contribution < 1.29 is 32.9 Å². The third kappa shape index (κ3) is 6.49. The zero-order valence-corrected chi connectivity index (χ0v) is 21.0. The Labute approximate surface area is 221 Å². The molecule has 1 saturated heterocycles. The molecule has 0 spiro atoms. The molecule has 4 rings (SSSR count). The summed E-state index contributed by atoms with van der Waals surface area (Å²) in [7, 11) is 0. The van der Waals surface area contributed by atoms with E-state index in [0.717, 1.165) is 18.3 Å². The van der Waals surface area contributed by atoms with Gasteiger partial charge in [0.1, 0.15) is 11.6 Å². The Bertz CT molecular complexity index is 1380. The second-order valence-electron chi connectivity index (χ2n) is 8.71. The van der Waals surface area contributed by atoms with Gasteiger partial charge >= 0.3 is 6.18 Å². The van der Waals surface area contributed by atoms with Gasteiger partial charge in [0.2, 0.25) is 11.6 Å². The highest BCUT2D eigenvalue weighted by molar-refractivity contribution is 6.07. The molecular formula is C26H27F3N7O3+. The number of aromatic nitrogens is 2. The summed E-state index contributed by atoms with van der Waals surface area (Å²) in [5.41, 5.74) is 7.31. The third-order valence-corrected chi connectivity index (χ3v) is 6.11. The van der Waals surface area contributed by atoms with Crippen LogP contribution in [0.3, 0.4) is 0 Å². The number of pyridine rings is 2. The number of hydrogen-bond acceptors (Lipinski definition) is 7. The van der Waals surface area contributed by atoms with Gasteiger partial charge in [-0.1, -0.05) is 6.92 Å². The molecule has 13 heteroatoms. The van der Waals surface area contributed by atoms with E-state index < -0.39 is 23.8 Å². The highest BCUT2D eigenvalue weighted by atomic mass is 19.4. The van der Waals surface area contributed by atoms with E-state index in [9.17, 15) is 22.8 Å². The minimum atomic E-state index is -4.56. The molecule has 1 aliphatic heterocycles. The maximum Gasteiger partial charge on any atom is 0.416 e. The van der Waals surface area contributed by atoms with Crippen molar-refractivity contribution in [2.75, 3.05) is 36.1 Å². The number of hydrogen-bond donors (Lipinski definition) is 4. The maximum absolute atomic E-state index is 12.9. The number of ether oxygens (including phenoxy) is 1. The number of nitrogens with zero attached hydrogens (tertiary/aromatic N) is 3. The van der Waals surface area contributed by atoms with Crippen molar-refractivity contribution in [3.63, 3.8) is 0 Å².